The topological polar surface area (TPSA) is 89.5 Å². The molecule has 6 nitrogen and oxygen atoms in total. The van der Waals surface area contributed by atoms with Crippen molar-refractivity contribution >= 4 is 50.4 Å². The van der Waals surface area contributed by atoms with E-state index in [4.69, 9.17) is 16.3 Å². The van der Waals surface area contributed by atoms with Crippen LogP contribution in [0.2, 0.25) is 4.34 Å². The predicted octanol–water partition coefficient (Wildman–Crippen LogP) is 4.63. The molecule has 1 atom stereocenters. The van der Waals surface area contributed by atoms with E-state index < -0.39 is 22.1 Å². The highest BCUT2D eigenvalue weighted by Crippen LogP contribution is 2.28. The number of Topliss-reactive ketones (excluding diaryl/α,β-unsaturated/α-hetero) is 1. The van der Waals surface area contributed by atoms with Gasteiger partial charge in [0.2, 0.25) is 5.78 Å². The predicted molar refractivity (Wildman–Crippen MR) is 112 cm³/mol. The minimum atomic E-state index is -3.93. The van der Waals surface area contributed by atoms with Gasteiger partial charge in [-0.15, -0.1) is 11.3 Å². The molecule has 0 bridgehead atoms. The number of sulfonamides is 1. The summed E-state index contributed by atoms with van der Waals surface area (Å²) in [6.45, 7) is 1.47. The molecule has 1 heterocycles. The lowest BCUT2D eigenvalue weighted by Crippen LogP contribution is -2.25. The van der Waals surface area contributed by atoms with Crippen LogP contribution in [0.25, 0.3) is 0 Å². The Morgan fingerprint density at radius 1 is 1.00 bits per heavy atom. The van der Waals surface area contributed by atoms with Crippen LogP contribution in [0.5, 0.6) is 0 Å². The summed E-state index contributed by atoms with van der Waals surface area (Å²) in [6.07, 6.45) is -1.04. The van der Waals surface area contributed by atoms with E-state index in [1.807, 2.05) is 0 Å². The quantitative estimate of drug-likeness (QED) is 0.419. The number of anilines is 1. The number of benzene rings is 2. The zero-order valence-corrected chi connectivity index (χ0v) is 17.6. The SMILES string of the molecule is C[C@@H](OC(=O)c1ccccc1NS(=O)(=O)c1ccc(Cl)s1)C(=O)c1ccccc1. The van der Waals surface area contributed by atoms with Gasteiger partial charge in [0.1, 0.15) is 4.21 Å². The molecule has 0 amide bonds. The number of ether oxygens (including phenoxy) is 1. The fraction of sp³-hybridized carbons (Fsp3) is 0.100. The first-order chi connectivity index (χ1) is 13.8. The molecule has 29 heavy (non-hydrogen) atoms. The zero-order valence-electron chi connectivity index (χ0n) is 15.2. The number of rotatable bonds is 7. The van der Waals surface area contributed by atoms with Gasteiger partial charge in [0.05, 0.1) is 15.6 Å². The first kappa shape index (κ1) is 21.0. The second kappa shape index (κ2) is 8.77. The van der Waals surface area contributed by atoms with E-state index in [-0.39, 0.29) is 21.2 Å². The summed E-state index contributed by atoms with van der Waals surface area (Å²) in [6, 6.07) is 17.3. The maximum absolute atomic E-state index is 12.6. The zero-order chi connectivity index (χ0) is 21.0. The van der Waals surface area contributed by atoms with Crippen molar-refractivity contribution in [1.82, 2.24) is 0 Å². The highest BCUT2D eigenvalue weighted by Gasteiger charge is 2.24. The molecule has 3 rings (SSSR count). The van der Waals surface area contributed by atoms with Gasteiger partial charge in [-0.1, -0.05) is 54.1 Å². The first-order valence-corrected chi connectivity index (χ1v) is 11.1. The maximum Gasteiger partial charge on any atom is 0.340 e. The smallest absolute Gasteiger partial charge is 0.340 e. The molecule has 2 aromatic carbocycles. The van der Waals surface area contributed by atoms with E-state index in [2.05, 4.69) is 4.72 Å². The fourth-order valence-electron chi connectivity index (χ4n) is 2.50. The van der Waals surface area contributed by atoms with Crippen LogP contribution >= 0.6 is 22.9 Å². The van der Waals surface area contributed by atoms with Crippen molar-refractivity contribution in [3.63, 3.8) is 0 Å². The number of ketones is 1. The third-order valence-corrected chi connectivity index (χ3v) is 7.00. The second-order valence-electron chi connectivity index (χ2n) is 5.99. The Hall–Kier alpha value is -2.68. The normalized spacial score (nSPS) is 12.2. The summed E-state index contributed by atoms with van der Waals surface area (Å²) < 4.78 is 33.1. The summed E-state index contributed by atoms with van der Waals surface area (Å²) in [7, 11) is -3.93. The van der Waals surface area contributed by atoms with Gasteiger partial charge in [-0.2, -0.15) is 0 Å². The number of carbonyl (C=O) groups excluding carboxylic acids is 2. The van der Waals surface area contributed by atoms with Crippen molar-refractivity contribution in [2.24, 2.45) is 0 Å². The molecular formula is C20H16ClNO5S2. The van der Waals surface area contributed by atoms with Gasteiger partial charge in [0.15, 0.2) is 6.10 Å². The van der Waals surface area contributed by atoms with E-state index in [0.29, 0.717) is 9.90 Å². The largest absolute Gasteiger partial charge is 0.451 e. The Morgan fingerprint density at radius 3 is 2.31 bits per heavy atom. The molecule has 9 heteroatoms. The van der Waals surface area contributed by atoms with Gasteiger partial charge >= 0.3 is 5.97 Å². The van der Waals surface area contributed by atoms with E-state index >= 15 is 0 Å². The Bertz CT molecular complexity index is 1140. The Kier molecular flexibility index (Phi) is 6.36. The highest BCUT2D eigenvalue weighted by atomic mass is 35.5. The molecule has 3 aromatic rings. The number of para-hydroxylation sites is 1. The maximum atomic E-state index is 12.6. The third-order valence-electron chi connectivity index (χ3n) is 3.92. The van der Waals surface area contributed by atoms with Crippen molar-refractivity contribution in [3.05, 3.63) is 82.2 Å². The lowest BCUT2D eigenvalue weighted by Gasteiger charge is -2.15. The molecule has 0 saturated carbocycles. The Labute approximate surface area is 177 Å². The number of carbonyl (C=O) groups is 2. The summed E-state index contributed by atoms with van der Waals surface area (Å²) in [5, 5.41) is 0. The van der Waals surface area contributed by atoms with Gasteiger partial charge < -0.3 is 4.74 Å². The standard InChI is InChI=1S/C20H16ClNO5S2/c1-13(19(23)14-7-3-2-4-8-14)27-20(24)15-9-5-6-10-16(15)22-29(25,26)18-12-11-17(21)28-18/h2-13,22H,1H3/t13-/m1/s1. The van der Waals surface area contributed by atoms with Crippen LogP contribution in [-0.2, 0) is 14.8 Å². The van der Waals surface area contributed by atoms with Crippen LogP contribution in [0.4, 0.5) is 5.69 Å². The Morgan fingerprint density at radius 2 is 1.66 bits per heavy atom. The molecule has 0 aliphatic rings. The molecule has 150 valence electrons. The van der Waals surface area contributed by atoms with Crippen molar-refractivity contribution in [2.75, 3.05) is 4.72 Å². The highest BCUT2D eigenvalue weighted by molar-refractivity contribution is 7.94. The molecular weight excluding hydrogens is 434 g/mol. The van der Waals surface area contributed by atoms with Crippen LogP contribution in [0.15, 0.2) is 70.9 Å². The van der Waals surface area contributed by atoms with Crippen molar-refractivity contribution in [2.45, 2.75) is 17.2 Å². The van der Waals surface area contributed by atoms with Crippen LogP contribution in [0.1, 0.15) is 27.6 Å². The molecule has 0 aliphatic heterocycles. The van der Waals surface area contributed by atoms with Gasteiger partial charge in [-0.25, -0.2) is 13.2 Å². The molecule has 0 radical (unpaired) electrons. The van der Waals surface area contributed by atoms with E-state index in [1.165, 1.54) is 31.2 Å². The van der Waals surface area contributed by atoms with E-state index in [1.54, 1.807) is 42.5 Å². The monoisotopic (exact) mass is 449 g/mol. The molecule has 0 saturated heterocycles. The van der Waals surface area contributed by atoms with Crippen molar-refractivity contribution < 1.29 is 22.7 Å². The number of thiophene rings is 1. The van der Waals surface area contributed by atoms with Gasteiger partial charge in [0.25, 0.3) is 10.0 Å². The van der Waals surface area contributed by atoms with Crippen LogP contribution in [0, 0.1) is 0 Å². The average Bonchev–Trinajstić information content (AvgIpc) is 3.15. The molecule has 1 aromatic heterocycles. The lowest BCUT2D eigenvalue weighted by molar-refractivity contribution is 0.0320. The molecule has 0 unspecified atom stereocenters. The average molecular weight is 450 g/mol. The molecule has 0 fully saturated rings. The third kappa shape index (κ3) is 5.03. The first-order valence-electron chi connectivity index (χ1n) is 8.45. The molecule has 0 spiro atoms. The molecule has 1 N–H and O–H groups in total. The van der Waals surface area contributed by atoms with E-state index in [9.17, 15) is 18.0 Å². The van der Waals surface area contributed by atoms with Crippen LogP contribution in [-0.4, -0.2) is 26.3 Å². The van der Waals surface area contributed by atoms with Gasteiger partial charge in [-0.3, -0.25) is 9.52 Å². The minimum absolute atomic E-state index is 0.00793. The van der Waals surface area contributed by atoms with Crippen molar-refractivity contribution in [1.29, 1.82) is 0 Å². The number of halogens is 1. The van der Waals surface area contributed by atoms with Crippen LogP contribution < -0.4 is 4.72 Å². The van der Waals surface area contributed by atoms with Crippen LogP contribution in [0.3, 0.4) is 0 Å². The summed E-state index contributed by atoms with van der Waals surface area (Å²) in [5.74, 6) is -1.17. The fourth-order valence-corrected chi connectivity index (χ4v) is 5.06. The summed E-state index contributed by atoms with van der Waals surface area (Å²) >= 11 is 6.70. The summed E-state index contributed by atoms with van der Waals surface area (Å²) in [5.41, 5.74) is 0.448. The number of hydrogen-bond donors (Lipinski definition) is 1. The lowest BCUT2D eigenvalue weighted by atomic mass is 10.1. The van der Waals surface area contributed by atoms with Gasteiger partial charge in [-0.05, 0) is 31.2 Å². The number of nitrogens with one attached hydrogen (secondary N) is 1. The Balaban J connectivity index is 1.79. The van der Waals surface area contributed by atoms with Crippen molar-refractivity contribution in [3.8, 4) is 0 Å². The van der Waals surface area contributed by atoms with Gasteiger partial charge in [0, 0.05) is 5.56 Å². The van der Waals surface area contributed by atoms with E-state index in [0.717, 1.165) is 11.3 Å². The number of esters is 1. The number of hydrogen-bond acceptors (Lipinski definition) is 6. The summed E-state index contributed by atoms with van der Waals surface area (Å²) in [4.78, 5) is 25.0. The second-order valence-corrected chi connectivity index (χ2v) is 9.61. The minimum Gasteiger partial charge on any atom is -0.451 e. The molecule has 0 aliphatic carbocycles.